The van der Waals surface area contributed by atoms with Gasteiger partial charge in [0.2, 0.25) is 0 Å². The number of hydrogen-bond donors (Lipinski definition) is 3. The average Bonchev–Trinajstić information content (AvgIpc) is 3.43. The van der Waals surface area contributed by atoms with Gasteiger partial charge in [0, 0.05) is 12.0 Å². The van der Waals surface area contributed by atoms with E-state index in [4.69, 9.17) is 4.52 Å². The summed E-state index contributed by atoms with van der Waals surface area (Å²) in [6.45, 7) is 1.90. The lowest BCUT2D eigenvalue weighted by Crippen LogP contribution is -2.39. The van der Waals surface area contributed by atoms with Crippen LogP contribution in [0, 0.1) is 5.92 Å². The van der Waals surface area contributed by atoms with Crippen molar-refractivity contribution in [1.29, 1.82) is 0 Å². The van der Waals surface area contributed by atoms with Gasteiger partial charge in [0.15, 0.2) is 5.69 Å². The zero-order chi connectivity index (χ0) is 17.9. The van der Waals surface area contributed by atoms with E-state index >= 15 is 0 Å². The molecule has 0 bridgehead atoms. The molecule has 1 amide bonds. The van der Waals surface area contributed by atoms with Crippen molar-refractivity contribution < 1.29 is 14.4 Å². The first-order valence-corrected chi connectivity index (χ1v) is 9.42. The van der Waals surface area contributed by atoms with E-state index in [9.17, 15) is 9.90 Å². The third-order valence-electron chi connectivity index (χ3n) is 5.38. The summed E-state index contributed by atoms with van der Waals surface area (Å²) >= 11 is 0. The van der Waals surface area contributed by atoms with Gasteiger partial charge in [-0.1, -0.05) is 29.4 Å². The fraction of sp³-hybridized carbons (Fsp3) is 0.500. The monoisotopic (exact) mass is 355 g/mol. The molecule has 6 nitrogen and oxygen atoms in total. The van der Waals surface area contributed by atoms with Crippen LogP contribution in [0.25, 0.3) is 0 Å². The second-order valence-corrected chi connectivity index (χ2v) is 7.33. The molecule has 138 valence electrons. The molecule has 1 saturated carbocycles. The van der Waals surface area contributed by atoms with Crippen molar-refractivity contribution in [3.63, 3.8) is 0 Å². The average molecular weight is 355 g/mol. The van der Waals surface area contributed by atoms with Crippen LogP contribution < -0.4 is 10.6 Å². The maximum Gasteiger partial charge on any atom is 0.273 e. The number of carbonyl (C=O) groups excluding carboxylic acids is 1. The summed E-state index contributed by atoms with van der Waals surface area (Å²) in [6.07, 6.45) is 4.23. The molecule has 1 aliphatic carbocycles. The number of carbonyl (C=O) groups is 1. The second kappa shape index (κ2) is 7.60. The molecule has 3 N–H and O–H groups in total. The first-order valence-electron chi connectivity index (χ1n) is 9.42. The molecule has 2 fully saturated rings. The van der Waals surface area contributed by atoms with Gasteiger partial charge >= 0.3 is 0 Å². The molecule has 2 aromatic rings. The first kappa shape index (κ1) is 17.2. The molecule has 26 heavy (non-hydrogen) atoms. The molecular weight excluding hydrogens is 330 g/mol. The summed E-state index contributed by atoms with van der Waals surface area (Å²) in [5.41, 5.74) is 2.24. The van der Waals surface area contributed by atoms with Crippen LogP contribution >= 0.6 is 0 Å². The predicted molar refractivity (Wildman–Crippen MR) is 96.6 cm³/mol. The molecule has 2 aliphatic rings. The van der Waals surface area contributed by atoms with E-state index in [0.717, 1.165) is 55.7 Å². The van der Waals surface area contributed by atoms with Crippen molar-refractivity contribution in [3.8, 4) is 0 Å². The van der Waals surface area contributed by atoms with Crippen LogP contribution in [0.2, 0.25) is 0 Å². The summed E-state index contributed by atoms with van der Waals surface area (Å²) in [7, 11) is 0. The number of aromatic nitrogens is 1. The van der Waals surface area contributed by atoms with Gasteiger partial charge in [0.25, 0.3) is 5.91 Å². The van der Waals surface area contributed by atoms with E-state index in [1.54, 1.807) is 6.07 Å². The van der Waals surface area contributed by atoms with Gasteiger partial charge in [-0.2, -0.15) is 0 Å². The van der Waals surface area contributed by atoms with Crippen LogP contribution in [-0.2, 0) is 6.61 Å². The minimum absolute atomic E-state index is 0.00520. The highest BCUT2D eigenvalue weighted by Gasteiger charge is 2.31. The molecule has 0 radical (unpaired) electrons. The molecule has 1 atom stereocenters. The minimum Gasteiger partial charge on any atom is -0.392 e. The lowest BCUT2D eigenvalue weighted by molar-refractivity contribution is 0.0905. The topological polar surface area (TPSA) is 87.4 Å². The Kier molecular flexibility index (Phi) is 5.04. The SMILES string of the molecule is O=C(NC(c1cccc(CO)c1)C1CCNCC1)c1cc(C2CC2)on1. The Hall–Kier alpha value is -2.18. The molecule has 4 rings (SSSR count). The van der Waals surface area contributed by atoms with Gasteiger partial charge in [-0.15, -0.1) is 0 Å². The molecule has 1 aromatic heterocycles. The molecule has 2 heterocycles. The van der Waals surface area contributed by atoms with Crippen LogP contribution in [0.3, 0.4) is 0 Å². The van der Waals surface area contributed by atoms with Gasteiger partial charge in [-0.3, -0.25) is 4.79 Å². The first-order chi connectivity index (χ1) is 12.7. The van der Waals surface area contributed by atoms with Crippen molar-refractivity contribution in [2.75, 3.05) is 13.1 Å². The smallest absolute Gasteiger partial charge is 0.273 e. The Morgan fingerprint density at radius 3 is 2.81 bits per heavy atom. The number of amides is 1. The molecule has 1 unspecified atom stereocenters. The van der Waals surface area contributed by atoms with E-state index in [0.29, 0.717) is 17.5 Å². The van der Waals surface area contributed by atoms with Gasteiger partial charge in [-0.25, -0.2) is 0 Å². The zero-order valence-corrected chi connectivity index (χ0v) is 14.8. The molecular formula is C20H25N3O3. The van der Waals surface area contributed by atoms with Gasteiger partial charge < -0.3 is 20.3 Å². The van der Waals surface area contributed by atoms with Crippen molar-refractivity contribution in [2.45, 2.75) is 44.2 Å². The summed E-state index contributed by atoms with van der Waals surface area (Å²) < 4.78 is 5.33. The number of nitrogens with zero attached hydrogens (tertiary/aromatic N) is 1. The molecule has 1 aromatic carbocycles. The summed E-state index contributed by atoms with van der Waals surface area (Å²) in [5, 5.41) is 20.0. The second-order valence-electron chi connectivity index (χ2n) is 7.33. The maximum absolute atomic E-state index is 12.8. The lowest BCUT2D eigenvalue weighted by Gasteiger charge is -2.31. The number of aliphatic hydroxyl groups excluding tert-OH is 1. The number of rotatable bonds is 6. The standard InChI is InChI=1S/C20H25N3O3/c24-12-13-2-1-3-16(10-13)19(15-6-8-21-9-7-15)22-20(25)17-11-18(26-23-17)14-4-5-14/h1-3,10-11,14-15,19,21,24H,4-9,12H2,(H,22,25). The highest BCUT2D eigenvalue weighted by atomic mass is 16.5. The number of nitrogens with one attached hydrogen (secondary N) is 2. The normalized spacial score (nSPS) is 19.3. The summed E-state index contributed by atoms with van der Waals surface area (Å²) in [6, 6.07) is 9.50. The van der Waals surface area contributed by atoms with E-state index in [2.05, 4.69) is 15.8 Å². The Balaban J connectivity index is 1.55. The molecule has 1 aliphatic heterocycles. The largest absolute Gasteiger partial charge is 0.392 e. The fourth-order valence-corrected chi connectivity index (χ4v) is 3.71. The van der Waals surface area contributed by atoms with Crippen LogP contribution in [0.4, 0.5) is 0 Å². The molecule has 0 spiro atoms. The van der Waals surface area contributed by atoms with Crippen molar-refractivity contribution >= 4 is 5.91 Å². The van der Waals surface area contributed by atoms with E-state index in [1.807, 2.05) is 24.3 Å². The molecule has 6 heteroatoms. The Morgan fingerprint density at radius 1 is 1.27 bits per heavy atom. The Bertz CT molecular complexity index is 763. The van der Waals surface area contributed by atoms with Crippen LogP contribution in [0.5, 0.6) is 0 Å². The van der Waals surface area contributed by atoms with E-state index in [-0.39, 0.29) is 18.6 Å². The fourth-order valence-electron chi connectivity index (χ4n) is 3.71. The Morgan fingerprint density at radius 2 is 2.08 bits per heavy atom. The lowest BCUT2D eigenvalue weighted by atomic mass is 9.85. The van der Waals surface area contributed by atoms with Gasteiger partial charge in [-0.05, 0) is 55.8 Å². The zero-order valence-electron chi connectivity index (χ0n) is 14.8. The summed E-state index contributed by atoms with van der Waals surface area (Å²) in [4.78, 5) is 12.8. The van der Waals surface area contributed by atoms with Crippen LogP contribution in [-0.4, -0.2) is 29.3 Å². The van der Waals surface area contributed by atoms with Crippen molar-refractivity contribution in [2.24, 2.45) is 5.92 Å². The van der Waals surface area contributed by atoms with E-state index in [1.165, 1.54) is 0 Å². The van der Waals surface area contributed by atoms with Gasteiger partial charge in [0.05, 0.1) is 12.6 Å². The highest BCUT2D eigenvalue weighted by Crippen LogP contribution is 2.40. The van der Waals surface area contributed by atoms with Crippen LogP contribution in [0.15, 0.2) is 34.9 Å². The minimum atomic E-state index is -0.196. The van der Waals surface area contributed by atoms with E-state index < -0.39 is 0 Å². The highest BCUT2D eigenvalue weighted by molar-refractivity contribution is 5.92. The number of piperidine rings is 1. The predicted octanol–water partition coefficient (Wildman–Crippen LogP) is 2.52. The number of benzene rings is 1. The third kappa shape index (κ3) is 3.81. The maximum atomic E-state index is 12.8. The molecule has 1 saturated heterocycles. The van der Waals surface area contributed by atoms with Crippen molar-refractivity contribution in [1.82, 2.24) is 15.8 Å². The Labute approximate surface area is 153 Å². The van der Waals surface area contributed by atoms with Gasteiger partial charge in [0.1, 0.15) is 5.76 Å². The third-order valence-corrected chi connectivity index (χ3v) is 5.38. The quantitative estimate of drug-likeness (QED) is 0.741. The summed E-state index contributed by atoms with van der Waals surface area (Å²) in [5.74, 6) is 1.41. The number of hydrogen-bond acceptors (Lipinski definition) is 5. The van der Waals surface area contributed by atoms with Crippen LogP contribution in [0.1, 0.15) is 65.0 Å². The van der Waals surface area contributed by atoms with Crippen molar-refractivity contribution in [3.05, 3.63) is 52.9 Å². The number of aliphatic hydroxyl groups is 1.